The van der Waals surface area contributed by atoms with E-state index in [2.05, 4.69) is 33.4 Å². The molecule has 9 heteroatoms. The van der Waals surface area contributed by atoms with Crippen molar-refractivity contribution in [3.05, 3.63) is 70.7 Å². The molecule has 1 aromatic carbocycles. The summed E-state index contributed by atoms with van der Waals surface area (Å²) >= 11 is 0. The molecule has 2 amide bonds. The van der Waals surface area contributed by atoms with E-state index in [-0.39, 0.29) is 18.0 Å². The topological polar surface area (TPSA) is 116 Å². The fourth-order valence-electron chi connectivity index (χ4n) is 6.11. The number of nitrogens with two attached hydrogens (primary N) is 1. The Labute approximate surface area is 209 Å². The summed E-state index contributed by atoms with van der Waals surface area (Å²) < 4.78 is 1.75. The van der Waals surface area contributed by atoms with Crippen LogP contribution < -0.4 is 11.1 Å². The lowest BCUT2D eigenvalue weighted by molar-refractivity contribution is 0.0781. The SMILES string of the molecule is NC(=O)c1nc2ccc(C(=O)N3CC4CNCC4C3)cn2c1C[C@@H](O)CN1CCc2ccccc2C1. The number of nitrogens with one attached hydrogen (secondary N) is 1. The van der Waals surface area contributed by atoms with Crippen LogP contribution in [-0.4, -0.2) is 81.5 Å². The summed E-state index contributed by atoms with van der Waals surface area (Å²) in [6.45, 7) is 5.57. The number of β-amino-alcohol motifs (C(OH)–C–C–N with tert-alkyl or cyclic N) is 1. The lowest BCUT2D eigenvalue weighted by Crippen LogP contribution is -2.37. The highest BCUT2D eigenvalue weighted by molar-refractivity contribution is 5.95. The molecular formula is C27H32N6O3. The number of amides is 2. The van der Waals surface area contributed by atoms with Gasteiger partial charge in [0.1, 0.15) is 11.3 Å². The Morgan fingerprint density at radius 2 is 1.86 bits per heavy atom. The van der Waals surface area contributed by atoms with Crippen LogP contribution in [0.2, 0.25) is 0 Å². The minimum absolute atomic E-state index is 0.0147. The molecule has 2 unspecified atom stereocenters. The summed E-state index contributed by atoms with van der Waals surface area (Å²) in [5.41, 5.74) is 10.1. The van der Waals surface area contributed by atoms with Gasteiger partial charge in [-0.1, -0.05) is 24.3 Å². The smallest absolute Gasteiger partial charge is 0.269 e. The van der Waals surface area contributed by atoms with Gasteiger partial charge in [0.25, 0.3) is 11.8 Å². The summed E-state index contributed by atoms with van der Waals surface area (Å²) in [5, 5.41) is 14.4. The van der Waals surface area contributed by atoms with Gasteiger partial charge in [0.2, 0.25) is 0 Å². The summed E-state index contributed by atoms with van der Waals surface area (Å²) in [7, 11) is 0. The monoisotopic (exact) mass is 488 g/mol. The van der Waals surface area contributed by atoms with Gasteiger partial charge in [-0.2, -0.15) is 0 Å². The Bertz CT molecular complexity index is 1310. The van der Waals surface area contributed by atoms with Crippen molar-refractivity contribution in [2.45, 2.75) is 25.5 Å². The number of pyridine rings is 1. The predicted molar refractivity (Wildman–Crippen MR) is 135 cm³/mol. The number of imidazole rings is 1. The quantitative estimate of drug-likeness (QED) is 0.470. The fraction of sp³-hybridized carbons (Fsp3) is 0.444. The maximum Gasteiger partial charge on any atom is 0.269 e. The van der Waals surface area contributed by atoms with E-state index < -0.39 is 12.0 Å². The lowest BCUT2D eigenvalue weighted by Gasteiger charge is -2.30. The standard InChI is InChI=1S/C27H32N6O3/c28-26(35)25-23(9-22(34)16-31-8-7-17-3-1-2-4-18(17)12-31)33-15-19(5-6-24(33)30-25)27(36)32-13-20-10-29-11-21(20)14-32/h1-6,15,20-22,29,34H,7-14,16H2,(H2,28,35)/t20?,21?,22-/m1/s1. The van der Waals surface area contributed by atoms with Crippen LogP contribution in [0, 0.1) is 11.8 Å². The van der Waals surface area contributed by atoms with Crippen LogP contribution in [0.1, 0.15) is 37.7 Å². The first-order valence-electron chi connectivity index (χ1n) is 12.7. The first-order valence-corrected chi connectivity index (χ1v) is 12.7. The van der Waals surface area contributed by atoms with Gasteiger partial charge in [0, 0.05) is 58.4 Å². The first kappa shape index (κ1) is 23.1. The van der Waals surface area contributed by atoms with Gasteiger partial charge in [-0.15, -0.1) is 0 Å². The third-order valence-corrected chi connectivity index (χ3v) is 7.98. The fourth-order valence-corrected chi connectivity index (χ4v) is 6.11. The number of carbonyl (C=O) groups excluding carboxylic acids is 2. The molecule has 2 saturated heterocycles. The molecule has 0 bridgehead atoms. The molecule has 0 spiro atoms. The molecule has 0 saturated carbocycles. The molecule has 3 aliphatic rings. The van der Waals surface area contributed by atoms with Gasteiger partial charge < -0.3 is 25.5 Å². The molecule has 0 radical (unpaired) electrons. The molecule has 4 N–H and O–H groups in total. The molecule has 3 aliphatic heterocycles. The molecule has 9 nitrogen and oxygen atoms in total. The van der Waals surface area contributed by atoms with Crippen molar-refractivity contribution in [1.29, 1.82) is 0 Å². The van der Waals surface area contributed by atoms with Crippen LogP contribution in [0.3, 0.4) is 0 Å². The number of aliphatic hydroxyl groups is 1. The van der Waals surface area contributed by atoms with E-state index in [0.29, 0.717) is 35.3 Å². The second-order valence-electron chi connectivity index (χ2n) is 10.4. The molecule has 5 heterocycles. The van der Waals surface area contributed by atoms with Gasteiger partial charge in [-0.25, -0.2) is 4.98 Å². The maximum absolute atomic E-state index is 13.3. The minimum Gasteiger partial charge on any atom is -0.391 e. The maximum atomic E-state index is 13.3. The van der Waals surface area contributed by atoms with Crippen molar-refractivity contribution in [2.75, 3.05) is 39.3 Å². The number of likely N-dealkylation sites (tertiary alicyclic amines) is 1. The number of carbonyl (C=O) groups is 2. The number of fused-ring (bicyclic) bond motifs is 3. The number of hydrogen-bond donors (Lipinski definition) is 3. The van der Waals surface area contributed by atoms with Gasteiger partial charge in [0.05, 0.1) is 17.4 Å². The highest BCUT2D eigenvalue weighted by Gasteiger charge is 2.38. The third-order valence-electron chi connectivity index (χ3n) is 7.98. The molecule has 0 aliphatic carbocycles. The van der Waals surface area contributed by atoms with Gasteiger partial charge in [-0.3, -0.25) is 14.5 Å². The lowest BCUT2D eigenvalue weighted by atomic mass is 9.99. The van der Waals surface area contributed by atoms with E-state index in [1.807, 2.05) is 11.0 Å². The Kier molecular flexibility index (Phi) is 5.99. The number of primary amides is 1. The zero-order valence-corrected chi connectivity index (χ0v) is 20.3. The van der Waals surface area contributed by atoms with Crippen molar-refractivity contribution >= 4 is 17.5 Å². The Hall–Kier alpha value is -3.27. The number of benzene rings is 1. The Balaban J connectivity index is 1.22. The van der Waals surface area contributed by atoms with Gasteiger partial charge >= 0.3 is 0 Å². The summed E-state index contributed by atoms with van der Waals surface area (Å²) in [5.74, 6) is 0.374. The minimum atomic E-state index is -0.710. The van der Waals surface area contributed by atoms with E-state index >= 15 is 0 Å². The van der Waals surface area contributed by atoms with E-state index in [1.54, 1.807) is 22.7 Å². The summed E-state index contributed by atoms with van der Waals surface area (Å²) in [4.78, 5) is 34.1. The average Bonchev–Trinajstić information content (AvgIpc) is 3.57. The number of rotatable bonds is 6. The molecule has 2 aromatic heterocycles. The molecule has 3 atom stereocenters. The first-order chi connectivity index (χ1) is 17.5. The number of nitrogens with zero attached hydrogens (tertiary/aromatic N) is 4. The van der Waals surface area contributed by atoms with Gasteiger partial charge in [-0.05, 0) is 41.5 Å². The molecule has 2 fully saturated rings. The number of aromatic nitrogens is 2. The molecular weight excluding hydrogens is 456 g/mol. The van der Waals surface area contributed by atoms with Crippen LogP contribution in [0.25, 0.3) is 5.65 Å². The van der Waals surface area contributed by atoms with Crippen molar-refractivity contribution < 1.29 is 14.7 Å². The number of aliphatic hydroxyl groups excluding tert-OH is 1. The van der Waals surface area contributed by atoms with Gasteiger partial charge in [0.15, 0.2) is 0 Å². The normalized spacial score (nSPS) is 22.5. The summed E-state index contributed by atoms with van der Waals surface area (Å²) in [6, 6.07) is 11.9. The second kappa shape index (κ2) is 9.31. The van der Waals surface area contributed by atoms with Crippen LogP contribution >= 0.6 is 0 Å². The van der Waals surface area contributed by atoms with Crippen molar-refractivity contribution in [2.24, 2.45) is 17.6 Å². The molecule has 6 rings (SSSR count). The van der Waals surface area contributed by atoms with Crippen molar-refractivity contribution in [3.8, 4) is 0 Å². The van der Waals surface area contributed by atoms with Crippen LogP contribution in [0.5, 0.6) is 0 Å². The zero-order chi connectivity index (χ0) is 24.8. The Morgan fingerprint density at radius 1 is 1.11 bits per heavy atom. The summed E-state index contributed by atoms with van der Waals surface area (Å²) in [6.07, 6.45) is 2.19. The molecule has 3 aromatic rings. The van der Waals surface area contributed by atoms with E-state index in [4.69, 9.17) is 5.73 Å². The zero-order valence-electron chi connectivity index (χ0n) is 20.3. The van der Waals surface area contributed by atoms with Crippen molar-refractivity contribution in [1.82, 2.24) is 24.5 Å². The van der Waals surface area contributed by atoms with Crippen LogP contribution in [0.15, 0.2) is 42.6 Å². The second-order valence-corrected chi connectivity index (χ2v) is 10.4. The van der Waals surface area contributed by atoms with E-state index in [0.717, 1.165) is 45.7 Å². The third kappa shape index (κ3) is 4.27. The van der Waals surface area contributed by atoms with E-state index in [9.17, 15) is 14.7 Å². The molecule has 188 valence electrons. The van der Waals surface area contributed by atoms with E-state index in [1.165, 1.54) is 11.1 Å². The highest BCUT2D eigenvalue weighted by Crippen LogP contribution is 2.28. The molecule has 36 heavy (non-hydrogen) atoms. The average molecular weight is 489 g/mol. The number of hydrogen-bond acceptors (Lipinski definition) is 6. The Morgan fingerprint density at radius 3 is 2.61 bits per heavy atom. The van der Waals surface area contributed by atoms with Crippen LogP contribution in [0.4, 0.5) is 0 Å². The van der Waals surface area contributed by atoms with Crippen molar-refractivity contribution in [3.63, 3.8) is 0 Å². The predicted octanol–water partition coefficient (Wildman–Crippen LogP) is 0.686. The largest absolute Gasteiger partial charge is 0.391 e. The highest BCUT2D eigenvalue weighted by atomic mass is 16.3. The van der Waals surface area contributed by atoms with Crippen LogP contribution in [-0.2, 0) is 19.4 Å².